The monoisotopic (exact) mass is 340 g/mol. The Kier molecular flexibility index (Phi) is 4.08. The normalized spacial score (nSPS) is 21.0. The van der Waals surface area contributed by atoms with E-state index in [1.165, 1.54) is 23.3 Å². The van der Waals surface area contributed by atoms with Crippen LogP contribution in [0.4, 0.5) is 13.2 Å². The van der Waals surface area contributed by atoms with Crippen LogP contribution in [0.1, 0.15) is 30.5 Å². The minimum Gasteiger partial charge on any atom is -0.463 e. The van der Waals surface area contributed by atoms with Gasteiger partial charge >= 0.3 is 12.1 Å². The van der Waals surface area contributed by atoms with E-state index < -0.39 is 23.8 Å². The lowest BCUT2D eigenvalue weighted by Crippen LogP contribution is -2.33. The van der Waals surface area contributed by atoms with Gasteiger partial charge in [-0.3, -0.25) is 4.79 Å². The standard InChI is InChI=1S/C16H15F3N2O3/c1-2-24-15(23)12-9-21-13(22)7-8-20(21)14(12)10-3-5-11(6-4-10)16(17,18)19/h3-6,9,14H,2,7-8H2,1H3/t14-/m1/s1. The second-order valence-electron chi connectivity index (χ2n) is 5.48. The van der Waals surface area contributed by atoms with Crippen LogP contribution in [0.5, 0.6) is 0 Å². The highest BCUT2D eigenvalue weighted by molar-refractivity contribution is 5.92. The summed E-state index contributed by atoms with van der Waals surface area (Å²) in [5.74, 6) is -0.740. The number of halogens is 3. The van der Waals surface area contributed by atoms with Gasteiger partial charge in [0, 0.05) is 19.2 Å². The van der Waals surface area contributed by atoms with Crippen LogP contribution < -0.4 is 0 Å². The Bertz CT molecular complexity index is 698. The number of hydrogen-bond donors (Lipinski definition) is 0. The summed E-state index contributed by atoms with van der Waals surface area (Å²) in [4.78, 5) is 24.0. The summed E-state index contributed by atoms with van der Waals surface area (Å²) in [5, 5.41) is 3.01. The first-order chi connectivity index (χ1) is 11.3. The average molecular weight is 340 g/mol. The second-order valence-corrected chi connectivity index (χ2v) is 5.48. The van der Waals surface area contributed by atoms with Crippen molar-refractivity contribution in [1.82, 2.24) is 10.0 Å². The first-order valence-electron chi connectivity index (χ1n) is 7.47. The molecule has 5 nitrogen and oxygen atoms in total. The molecule has 0 unspecified atom stereocenters. The highest BCUT2D eigenvalue weighted by atomic mass is 19.4. The van der Waals surface area contributed by atoms with Gasteiger partial charge in [0.15, 0.2) is 0 Å². The molecule has 1 atom stereocenters. The summed E-state index contributed by atoms with van der Waals surface area (Å²) < 4.78 is 43.2. The Balaban J connectivity index is 1.96. The maximum absolute atomic E-state index is 12.7. The molecule has 2 aliphatic rings. The second kappa shape index (κ2) is 5.94. The van der Waals surface area contributed by atoms with Crippen LogP contribution in [0.15, 0.2) is 36.0 Å². The maximum Gasteiger partial charge on any atom is 0.416 e. The smallest absolute Gasteiger partial charge is 0.416 e. The van der Waals surface area contributed by atoms with E-state index in [1.54, 1.807) is 11.9 Å². The average Bonchev–Trinajstić information content (AvgIpc) is 3.07. The van der Waals surface area contributed by atoms with Crippen molar-refractivity contribution in [2.45, 2.75) is 25.6 Å². The number of ether oxygens (including phenoxy) is 1. The number of hydrogen-bond acceptors (Lipinski definition) is 4. The Morgan fingerprint density at radius 3 is 2.54 bits per heavy atom. The van der Waals surface area contributed by atoms with Crippen LogP contribution in [-0.2, 0) is 20.5 Å². The van der Waals surface area contributed by atoms with Crippen molar-refractivity contribution in [2.75, 3.05) is 13.2 Å². The molecule has 0 aromatic heterocycles. The number of amides is 1. The van der Waals surface area contributed by atoms with Crippen LogP contribution in [0.3, 0.4) is 0 Å². The summed E-state index contributed by atoms with van der Waals surface area (Å²) >= 11 is 0. The molecule has 0 saturated carbocycles. The van der Waals surface area contributed by atoms with E-state index in [0.717, 1.165) is 12.1 Å². The summed E-state index contributed by atoms with van der Waals surface area (Å²) in [6.07, 6.45) is -2.72. The van der Waals surface area contributed by atoms with Crippen LogP contribution in [-0.4, -0.2) is 35.0 Å². The minimum absolute atomic E-state index is 0.161. The van der Waals surface area contributed by atoms with Gasteiger partial charge in [0.25, 0.3) is 0 Å². The molecule has 1 amide bonds. The van der Waals surface area contributed by atoms with Crippen LogP contribution in [0.25, 0.3) is 0 Å². The quantitative estimate of drug-likeness (QED) is 0.794. The lowest BCUT2D eigenvalue weighted by molar-refractivity contribution is -0.140. The van der Waals surface area contributed by atoms with Crippen LogP contribution in [0.2, 0.25) is 0 Å². The van der Waals surface area contributed by atoms with Crippen LogP contribution in [0, 0.1) is 0 Å². The number of hydrazine groups is 1. The zero-order valence-corrected chi connectivity index (χ0v) is 12.8. The van der Waals surface area contributed by atoms with E-state index in [0.29, 0.717) is 18.5 Å². The van der Waals surface area contributed by atoms with Gasteiger partial charge in [0.2, 0.25) is 5.91 Å². The lowest BCUT2D eigenvalue weighted by atomic mass is 9.98. The largest absolute Gasteiger partial charge is 0.463 e. The molecule has 0 radical (unpaired) electrons. The van der Waals surface area contributed by atoms with E-state index in [1.807, 2.05) is 0 Å². The molecular formula is C16H15F3N2O3. The van der Waals surface area contributed by atoms with E-state index in [9.17, 15) is 22.8 Å². The van der Waals surface area contributed by atoms with Gasteiger partial charge in [-0.1, -0.05) is 12.1 Å². The highest BCUT2D eigenvalue weighted by Gasteiger charge is 2.44. The molecule has 0 N–H and O–H groups in total. The third-order valence-electron chi connectivity index (χ3n) is 4.01. The minimum atomic E-state index is -4.43. The fourth-order valence-electron chi connectivity index (χ4n) is 2.92. The van der Waals surface area contributed by atoms with Crippen LogP contribution >= 0.6 is 0 Å². The van der Waals surface area contributed by atoms with Crippen molar-refractivity contribution in [3.05, 3.63) is 47.2 Å². The molecule has 2 heterocycles. The molecule has 24 heavy (non-hydrogen) atoms. The third kappa shape index (κ3) is 2.77. The van der Waals surface area contributed by atoms with Crippen molar-refractivity contribution in [3.8, 4) is 0 Å². The topological polar surface area (TPSA) is 49.9 Å². The van der Waals surface area contributed by atoms with Gasteiger partial charge in [0.05, 0.1) is 23.8 Å². The van der Waals surface area contributed by atoms with Crippen molar-refractivity contribution in [2.24, 2.45) is 0 Å². The van der Waals surface area contributed by atoms with E-state index in [-0.39, 0.29) is 18.1 Å². The fraction of sp³-hybridized carbons (Fsp3) is 0.375. The summed E-state index contributed by atoms with van der Waals surface area (Å²) in [7, 11) is 0. The lowest BCUT2D eigenvalue weighted by Gasteiger charge is -2.26. The van der Waals surface area contributed by atoms with Gasteiger partial charge in [-0.25, -0.2) is 14.8 Å². The molecule has 2 aliphatic heterocycles. The number of rotatable bonds is 3. The predicted molar refractivity (Wildman–Crippen MR) is 77.1 cm³/mol. The third-order valence-corrected chi connectivity index (χ3v) is 4.01. The fourth-order valence-corrected chi connectivity index (χ4v) is 2.92. The summed E-state index contributed by atoms with van der Waals surface area (Å²) in [6.45, 7) is 2.22. The Morgan fingerprint density at radius 1 is 1.29 bits per heavy atom. The van der Waals surface area contributed by atoms with E-state index >= 15 is 0 Å². The number of fused-ring (bicyclic) bond motifs is 1. The number of benzene rings is 1. The van der Waals surface area contributed by atoms with Crippen molar-refractivity contribution >= 4 is 11.9 Å². The van der Waals surface area contributed by atoms with Gasteiger partial charge in [-0.15, -0.1) is 0 Å². The number of carbonyl (C=O) groups is 2. The first-order valence-corrected chi connectivity index (χ1v) is 7.47. The molecule has 3 rings (SSSR count). The zero-order chi connectivity index (χ0) is 17.5. The van der Waals surface area contributed by atoms with Crippen molar-refractivity contribution < 1.29 is 27.5 Å². The van der Waals surface area contributed by atoms with Gasteiger partial charge in [0.1, 0.15) is 0 Å². The molecule has 1 aromatic carbocycles. The molecule has 1 fully saturated rings. The summed E-state index contributed by atoms with van der Waals surface area (Å²) in [6, 6.07) is 3.97. The first kappa shape index (κ1) is 16.5. The maximum atomic E-state index is 12.7. The number of alkyl halides is 3. The Morgan fingerprint density at radius 2 is 1.96 bits per heavy atom. The molecular weight excluding hydrogens is 325 g/mol. The number of nitrogens with zero attached hydrogens (tertiary/aromatic N) is 2. The molecule has 0 bridgehead atoms. The van der Waals surface area contributed by atoms with Crippen molar-refractivity contribution in [1.29, 1.82) is 0 Å². The van der Waals surface area contributed by atoms with Gasteiger partial charge < -0.3 is 4.74 Å². The predicted octanol–water partition coefficient (Wildman–Crippen LogP) is 2.66. The zero-order valence-electron chi connectivity index (χ0n) is 12.8. The van der Waals surface area contributed by atoms with E-state index in [4.69, 9.17) is 4.74 Å². The summed E-state index contributed by atoms with van der Waals surface area (Å²) in [5.41, 5.74) is -0.0237. The molecule has 0 aliphatic carbocycles. The molecule has 1 saturated heterocycles. The highest BCUT2D eigenvalue weighted by Crippen LogP contribution is 2.40. The Hall–Kier alpha value is -2.35. The SMILES string of the molecule is CCOC(=O)C1=CN2C(=O)CCN2[C@@H]1c1ccc(C(F)(F)F)cc1. The van der Waals surface area contributed by atoms with Crippen molar-refractivity contribution in [3.63, 3.8) is 0 Å². The van der Waals surface area contributed by atoms with Gasteiger partial charge in [-0.05, 0) is 24.6 Å². The Labute approximate surface area is 136 Å². The molecule has 1 aromatic rings. The molecule has 8 heteroatoms. The number of esters is 1. The molecule has 128 valence electrons. The van der Waals surface area contributed by atoms with E-state index in [2.05, 4.69) is 0 Å². The van der Waals surface area contributed by atoms with Gasteiger partial charge in [-0.2, -0.15) is 13.2 Å². The number of carbonyl (C=O) groups excluding carboxylic acids is 2. The molecule has 0 spiro atoms.